The van der Waals surface area contributed by atoms with Crippen LogP contribution in [-0.4, -0.2) is 29.3 Å². The molecule has 6 nitrogen and oxygen atoms in total. The van der Waals surface area contributed by atoms with Crippen molar-refractivity contribution < 1.29 is 19.5 Å². The Labute approximate surface area is 196 Å². The monoisotopic (exact) mass is 472 g/mol. The zero-order valence-electron chi connectivity index (χ0n) is 17.9. The van der Waals surface area contributed by atoms with Crippen molar-refractivity contribution in [3.63, 3.8) is 0 Å². The van der Waals surface area contributed by atoms with Crippen LogP contribution < -0.4 is 9.80 Å². The van der Waals surface area contributed by atoms with Crippen molar-refractivity contribution >= 4 is 57.9 Å². The molecule has 0 aromatic heterocycles. The summed E-state index contributed by atoms with van der Waals surface area (Å²) < 4.78 is 0. The van der Waals surface area contributed by atoms with Crippen molar-refractivity contribution in [1.29, 1.82) is 0 Å². The molecule has 1 aliphatic heterocycles. The minimum Gasteiger partial charge on any atom is -0.478 e. The van der Waals surface area contributed by atoms with Gasteiger partial charge < -0.3 is 14.9 Å². The summed E-state index contributed by atoms with van der Waals surface area (Å²) >= 11 is 12.7. The smallest absolute Gasteiger partial charge is 0.335 e. The number of carbonyl (C=O) groups is 3. The summed E-state index contributed by atoms with van der Waals surface area (Å²) in [6, 6.07) is 9.60. The fourth-order valence-electron chi connectivity index (χ4n) is 4.39. The van der Waals surface area contributed by atoms with Crippen LogP contribution in [0.25, 0.3) is 0 Å². The Balaban J connectivity index is 2.09. The highest BCUT2D eigenvalue weighted by Crippen LogP contribution is 2.49. The summed E-state index contributed by atoms with van der Waals surface area (Å²) in [5.74, 6) is -1.38. The Bertz CT molecular complexity index is 1200. The minimum atomic E-state index is -1.09. The van der Waals surface area contributed by atoms with Crippen molar-refractivity contribution in [3.05, 3.63) is 63.3 Å². The van der Waals surface area contributed by atoms with Gasteiger partial charge in [0, 0.05) is 29.6 Å². The Hall–Kier alpha value is -2.83. The van der Waals surface area contributed by atoms with Gasteiger partial charge in [-0.1, -0.05) is 37.0 Å². The number of allylic oxidation sites excluding steroid dienone is 1. The van der Waals surface area contributed by atoms with Crippen LogP contribution in [0.4, 0.5) is 17.1 Å². The van der Waals surface area contributed by atoms with Crippen molar-refractivity contribution in [3.8, 4) is 0 Å². The number of Topliss-reactive ketones (excluding diaryl/α,β-unsaturated/α-hetero) is 1. The average molecular weight is 473 g/mol. The molecule has 4 rings (SSSR count). The topological polar surface area (TPSA) is 77.9 Å². The number of fused-ring (bicyclic) bond motifs is 1. The van der Waals surface area contributed by atoms with Gasteiger partial charge in [0.25, 0.3) is 0 Å². The van der Waals surface area contributed by atoms with Crippen LogP contribution in [0.1, 0.15) is 44.0 Å². The number of ketones is 1. The van der Waals surface area contributed by atoms with Crippen molar-refractivity contribution in [1.82, 2.24) is 0 Å². The molecule has 1 amide bonds. The predicted octanol–water partition coefficient (Wildman–Crippen LogP) is 5.84. The van der Waals surface area contributed by atoms with Crippen LogP contribution >= 0.6 is 23.2 Å². The number of hydrogen-bond acceptors (Lipinski definition) is 4. The number of carboxylic acids is 1. The molecule has 166 valence electrons. The fourth-order valence-corrected chi connectivity index (χ4v) is 4.88. The zero-order chi connectivity index (χ0) is 23.4. The first-order valence-corrected chi connectivity index (χ1v) is 10.9. The molecule has 1 aliphatic carbocycles. The van der Waals surface area contributed by atoms with Gasteiger partial charge in [0.2, 0.25) is 5.91 Å². The van der Waals surface area contributed by atoms with Gasteiger partial charge >= 0.3 is 5.97 Å². The first-order valence-electron chi connectivity index (χ1n) is 10.1. The summed E-state index contributed by atoms with van der Waals surface area (Å²) in [4.78, 5) is 40.9. The van der Waals surface area contributed by atoms with Crippen molar-refractivity contribution in [2.45, 2.75) is 33.6 Å². The molecule has 0 atom stereocenters. The van der Waals surface area contributed by atoms with E-state index in [0.717, 1.165) is 0 Å². The van der Waals surface area contributed by atoms with Crippen LogP contribution in [0.5, 0.6) is 0 Å². The maximum Gasteiger partial charge on any atom is 0.335 e. The molecule has 32 heavy (non-hydrogen) atoms. The summed E-state index contributed by atoms with van der Waals surface area (Å²) in [5.41, 5.74) is 2.52. The number of hydrogen-bond donors (Lipinski definition) is 1. The third-order valence-electron chi connectivity index (χ3n) is 5.84. The largest absolute Gasteiger partial charge is 0.478 e. The van der Waals surface area contributed by atoms with Crippen LogP contribution in [0.3, 0.4) is 0 Å². The van der Waals surface area contributed by atoms with E-state index in [9.17, 15) is 19.5 Å². The van der Waals surface area contributed by atoms with Crippen LogP contribution in [-0.2, 0) is 9.59 Å². The van der Waals surface area contributed by atoms with Gasteiger partial charge in [0.1, 0.15) is 0 Å². The third kappa shape index (κ3) is 3.89. The minimum absolute atomic E-state index is 0.0381. The number of carboxylic acid groups (broad SMARTS) is 1. The van der Waals surface area contributed by atoms with E-state index >= 15 is 0 Å². The van der Waals surface area contributed by atoms with Gasteiger partial charge in [-0.2, -0.15) is 0 Å². The third-order valence-corrected chi connectivity index (χ3v) is 6.38. The lowest BCUT2D eigenvalue weighted by Gasteiger charge is -2.37. The predicted molar refractivity (Wildman–Crippen MR) is 125 cm³/mol. The van der Waals surface area contributed by atoms with E-state index in [2.05, 4.69) is 0 Å². The number of carbonyl (C=O) groups excluding carboxylic acids is 2. The molecule has 0 saturated heterocycles. The van der Waals surface area contributed by atoms with Gasteiger partial charge in [0.15, 0.2) is 5.78 Å². The van der Waals surface area contributed by atoms with Gasteiger partial charge in [-0.15, -0.1) is 0 Å². The number of aromatic carboxylic acids is 1. The summed E-state index contributed by atoms with van der Waals surface area (Å²) in [6.45, 7) is 5.56. The molecular weight excluding hydrogens is 451 g/mol. The standard InChI is InChI=1S/C24H22Cl2N2O4/c1-13(29)27-12-16-21(10-24(2,3)11-22(16)30)28(18-7-5-15(25)9-17(18)26)20-8-14(23(31)32)4-6-19(20)27/h4-9H,10-12H2,1-3H3,(H,31,32). The summed E-state index contributed by atoms with van der Waals surface area (Å²) in [6.07, 6.45) is 0.909. The van der Waals surface area contributed by atoms with E-state index in [1.54, 1.807) is 24.3 Å². The molecule has 2 aromatic rings. The van der Waals surface area contributed by atoms with Crippen molar-refractivity contribution in [2.24, 2.45) is 5.41 Å². The van der Waals surface area contributed by atoms with Crippen LogP contribution in [0, 0.1) is 5.41 Å². The van der Waals surface area contributed by atoms with E-state index < -0.39 is 5.97 Å². The van der Waals surface area contributed by atoms with E-state index in [1.165, 1.54) is 24.0 Å². The summed E-state index contributed by atoms with van der Waals surface area (Å²) in [5, 5.41) is 10.4. The number of halogens is 2. The lowest BCUT2D eigenvalue weighted by molar-refractivity contribution is -0.118. The molecule has 2 aliphatic rings. The van der Waals surface area contributed by atoms with E-state index in [-0.39, 0.29) is 29.2 Å². The Morgan fingerprint density at radius 1 is 1.00 bits per heavy atom. The van der Waals surface area contributed by atoms with Gasteiger partial charge in [-0.3, -0.25) is 9.59 Å². The Morgan fingerprint density at radius 3 is 2.31 bits per heavy atom. The first kappa shape index (κ1) is 22.4. The zero-order valence-corrected chi connectivity index (χ0v) is 19.4. The van der Waals surface area contributed by atoms with Crippen molar-refractivity contribution in [2.75, 3.05) is 16.3 Å². The highest BCUT2D eigenvalue weighted by molar-refractivity contribution is 6.36. The number of rotatable bonds is 2. The lowest BCUT2D eigenvalue weighted by atomic mass is 9.75. The molecule has 1 N–H and O–H groups in total. The highest BCUT2D eigenvalue weighted by Gasteiger charge is 2.40. The Morgan fingerprint density at radius 2 is 1.69 bits per heavy atom. The summed E-state index contributed by atoms with van der Waals surface area (Å²) in [7, 11) is 0. The van der Waals surface area contributed by atoms with E-state index in [1.807, 2.05) is 18.7 Å². The van der Waals surface area contributed by atoms with Gasteiger partial charge in [-0.05, 0) is 48.2 Å². The normalized spacial score (nSPS) is 17.6. The second kappa shape index (κ2) is 7.94. The van der Waals surface area contributed by atoms with E-state index in [4.69, 9.17) is 23.2 Å². The second-order valence-electron chi connectivity index (χ2n) is 8.91. The van der Waals surface area contributed by atoms with Crippen LogP contribution in [0.2, 0.25) is 10.0 Å². The molecule has 0 bridgehead atoms. The molecule has 0 saturated carbocycles. The molecule has 0 unspecified atom stereocenters. The Kier molecular flexibility index (Phi) is 5.55. The molecule has 0 fully saturated rings. The molecular formula is C24H22Cl2N2O4. The molecule has 2 aromatic carbocycles. The van der Waals surface area contributed by atoms with Gasteiger partial charge in [0.05, 0.1) is 34.2 Å². The second-order valence-corrected chi connectivity index (χ2v) is 9.75. The average Bonchev–Trinajstić information content (AvgIpc) is 2.81. The lowest BCUT2D eigenvalue weighted by Crippen LogP contribution is -2.36. The number of nitrogens with zero attached hydrogens (tertiary/aromatic N) is 2. The first-order chi connectivity index (χ1) is 15.0. The van der Waals surface area contributed by atoms with Gasteiger partial charge in [-0.25, -0.2) is 4.79 Å². The van der Waals surface area contributed by atoms with Crippen LogP contribution in [0.15, 0.2) is 47.7 Å². The maximum atomic E-state index is 13.2. The molecule has 0 spiro atoms. The number of amides is 1. The number of benzene rings is 2. The highest BCUT2D eigenvalue weighted by atomic mass is 35.5. The van der Waals surface area contributed by atoms with E-state index in [0.29, 0.717) is 51.2 Å². The quantitative estimate of drug-likeness (QED) is 0.593. The molecule has 8 heteroatoms. The molecule has 0 radical (unpaired) electrons. The maximum absolute atomic E-state index is 13.2. The SMILES string of the molecule is CC(=O)N1CC2=C(CC(C)(C)CC2=O)N(c2ccc(Cl)cc2Cl)c2cc(C(=O)O)ccc21. The number of anilines is 3. The molecule has 1 heterocycles. The fraction of sp³-hybridized carbons (Fsp3) is 0.292.